The molecule has 5 nitrogen and oxygen atoms in total. The molecule has 1 aliphatic heterocycles. The Bertz CT molecular complexity index is 590. The largest absolute Gasteiger partial charge is 0.418 e. The van der Waals surface area contributed by atoms with Crippen LogP contribution in [0.15, 0.2) is 24.3 Å². The standard InChI is InChI=1S/C15H18F3N3O2/c1-10(22)21-7-6-11(9-21)8-19-14(23)20-13-5-3-2-4-12(13)15(16,17)18/h2-5,11H,6-9H2,1H3,(H2,19,20,23). The molecule has 0 bridgehead atoms. The van der Waals surface area contributed by atoms with Crippen LogP contribution in [0.2, 0.25) is 0 Å². The first-order chi connectivity index (χ1) is 10.8. The van der Waals surface area contributed by atoms with Crippen molar-refractivity contribution < 1.29 is 22.8 Å². The van der Waals surface area contributed by atoms with E-state index in [4.69, 9.17) is 0 Å². The summed E-state index contributed by atoms with van der Waals surface area (Å²) >= 11 is 0. The number of rotatable bonds is 3. The predicted molar refractivity (Wildman–Crippen MR) is 78.8 cm³/mol. The lowest BCUT2D eigenvalue weighted by molar-refractivity contribution is -0.137. The molecule has 0 radical (unpaired) electrons. The van der Waals surface area contributed by atoms with Gasteiger partial charge >= 0.3 is 12.2 Å². The SMILES string of the molecule is CC(=O)N1CCC(CNC(=O)Nc2ccccc2C(F)(F)F)C1. The van der Waals surface area contributed by atoms with Crippen molar-refractivity contribution in [1.29, 1.82) is 0 Å². The number of alkyl halides is 3. The van der Waals surface area contributed by atoms with Crippen molar-refractivity contribution >= 4 is 17.6 Å². The molecule has 1 aliphatic rings. The van der Waals surface area contributed by atoms with Crippen molar-refractivity contribution in [3.8, 4) is 0 Å². The zero-order chi connectivity index (χ0) is 17.0. The number of anilines is 1. The third-order valence-corrected chi connectivity index (χ3v) is 3.76. The highest BCUT2D eigenvalue weighted by Gasteiger charge is 2.33. The lowest BCUT2D eigenvalue weighted by Gasteiger charge is -2.16. The van der Waals surface area contributed by atoms with Gasteiger partial charge in [-0.2, -0.15) is 13.2 Å². The molecule has 1 aromatic rings. The first-order valence-electron chi connectivity index (χ1n) is 7.24. The number of nitrogens with one attached hydrogen (secondary N) is 2. The predicted octanol–water partition coefficient (Wildman–Crippen LogP) is 2.70. The van der Waals surface area contributed by atoms with E-state index in [0.717, 1.165) is 12.5 Å². The molecule has 1 heterocycles. The van der Waals surface area contributed by atoms with Crippen molar-refractivity contribution in [3.63, 3.8) is 0 Å². The van der Waals surface area contributed by atoms with Gasteiger partial charge in [-0.3, -0.25) is 4.79 Å². The lowest BCUT2D eigenvalue weighted by atomic mass is 10.1. The number of carbonyl (C=O) groups is 2. The van der Waals surface area contributed by atoms with Gasteiger partial charge in [-0.1, -0.05) is 12.1 Å². The van der Waals surface area contributed by atoms with Crippen molar-refractivity contribution in [2.75, 3.05) is 25.0 Å². The number of nitrogens with zero attached hydrogens (tertiary/aromatic N) is 1. The van der Waals surface area contributed by atoms with Gasteiger partial charge in [-0.25, -0.2) is 4.79 Å². The molecule has 1 unspecified atom stereocenters. The van der Waals surface area contributed by atoms with Crippen LogP contribution in [0, 0.1) is 5.92 Å². The summed E-state index contributed by atoms with van der Waals surface area (Å²) in [6, 6.07) is 4.11. The van der Waals surface area contributed by atoms with Crippen molar-refractivity contribution in [1.82, 2.24) is 10.2 Å². The topological polar surface area (TPSA) is 61.4 Å². The highest BCUT2D eigenvalue weighted by Crippen LogP contribution is 2.34. The van der Waals surface area contributed by atoms with Crippen LogP contribution in [0.5, 0.6) is 0 Å². The number of benzene rings is 1. The second kappa shape index (κ2) is 6.89. The Labute approximate surface area is 131 Å². The van der Waals surface area contributed by atoms with Crippen molar-refractivity contribution in [3.05, 3.63) is 29.8 Å². The maximum absolute atomic E-state index is 12.8. The molecule has 1 aromatic carbocycles. The Morgan fingerprint density at radius 3 is 2.61 bits per heavy atom. The van der Waals surface area contributed by atoms with Crippen LogP contribution in [-0.2, 0) is 11.0 Å². The summed E-state index contributed by atoms with van der Waals surface area (Å²) in [6.45, 7) is 2.98. The van der Waals surface area contributed by atoms with Gasteiger partial charge < -0.3 is 15.5 Å². The smallest absolute Gasteiger partial charge is 0.343 e. The summed E-state index contributed by atoms with van der Waals surface area (Å²) in [5.41, 5.74) is -1.17. The van der Waals surface area contributed by atoms with E-state index in [0.29, 0.717) is 19.6 Å². The molecule has 3 amide bonds. The van der Waals surface area contributed by atoms with Gasteiger partial charge in [0.2, 0.25) is 5.91 Å². The number of hydrogen-bond acceptors (Lipinski definition) is 2. The minimum Gasteiger partial charge on any atom is -0.343 e. The summed E-state index contributed by atoms with van der Waals surface area (Å²) in [7, 11) is 0. The Hall–Kier alpha value is -2.25. The fourth-order valence-corrected chi connectivity index (χ4v) is 2.53. The first kappa shape index (κ1) is 17.1. The zero-order valence-electron chi connectivity index (χ0n) is 12.6. The maximum Gasteiger partial charge on any atom is 0.418 e. The number of urea groups is 1. The first-order valence-corrected chi connectivity index (χ1v) is 7.24. The molecule has 0 saturated carbocycles. The second-order valence-electron chi connectivity index (χ2n) is 5.50. The number of para-hydroxylation sites is 1. The molecule has 0 aliphatic carbocycles. The van der Waals surface area contributed by atoms with Crippen LogP contribution >= 0.6 is 0 Å². The maximum atomic E-state index is 12.8. The molecule has 1 fully saturated rings. The summed E-state index contributed by atoms with van der Waals surface area (Å²) < 4.78 is 38.5. The van der Waals surface area contributed by atoms with Gasteiger partial charge in [0.1, 0.15) is 0 Å². The van der Waals surface area contributed by atoms with Crippen LogP contribution in [-0.4, -0.2) is 36.5 Å². The Balaban J connectivity index is 1.88. The van der Waals surface area contributed by atoms with Crippen LogP contribution in [0.4, 0.5) is 23.7 Å². The summed E-state index contributed by atoms with van der Waals surface area (Å²) in [5.74, 6) is 0.0959. The molecular formula is C15H18F3N3O2. The van der Waals surface area contributed by atoms with E-state index >= 15 is 0 Å². The molecule has 2 N–H and O–H groups in total. The van der Waals surface area contributed by atoms with Gasteiger partial charge in [-0.15, -0.1) is 0 Å². The second-order valence-corrected chi connectivity index (χ2v) is 5.50. The van der Waals surface area contributed by atoms with Gasteiger partial charge in [-0.05, 0) is 24.5 Å². The monoisotopic (exact) mass is 329 g/mol. The molecule has 126 valence electrons. The number of carbonyl (C=O) groups excluding carboxylic acids is 2. The molecule has 8 heteroatoms. The minimum atomic E-state index is -4.53. The van der Waals surface area contributed by atoms with E-state index in [1.165, 1.54) is 25.1 Å². The molecule has 1 atom stereocenters. The lowest BCUT2D eigenvalue weighted by Crippen LogP contribution is -2.35. The van der Waals surface area contributed by atoms with Gasteiger partial charge in [0.25, 0.3) is 0 Å². The van der Waals surface area contributed by atoms with Crippen LogP contribution < -0.4 is 10.6 Å². The average molecular weight is 329 g/mol. The van der Waals surface area contributed by atoms with Crippen LogP contribution in [0.1, 0.15) is 18.9 Å². The fraction of sp³-hybridized carbons (Fsp3) is 0.467. The number of amides is 3. The Morgan fingerprint density at radius 2 is 2.00 bits per heavy atom. The third-order valence-electron chi connectivity index (χ3n) is 3.76. The van der Waals surface area contributed by atoms with Gasteiger partial charge in [0.05, 0.1) is 11.3 Å². The molecule has 23 heavy (non-hydrogen) atoms. The van der Waals surface area contributed by atoms with Gasteiger partial charge in [0.15, 0.2) is 0 Å². The fourth-order valence-electron chi connectivity index (χ4n) is 2.53. The normalized spacial score (nSPS) is 17.9. The quantitative estimate of drug-likeness (QED) is 0.896. The van der Waals surface area contributed by atoms with Crippen LogP contribution in [0.3, 0.4) is 0 Å². The zero-order valence-corrected chi connectivity index (χ0v) is 12.6. The van der Waals surface area contributed by atoms with E-state index in [1.807, 2.05) is 0 Å². The van der Waals surface area contributed by atoms with Crippen molar-refractivity contribution in [2.24, 2.45) is 5.92 Å². The summed E-state index contributed by atoms with van der Waals surface area (Å²) in [6.07, 6.45) is -3.77. The Morgan fingerprint density at radius 1 is 1.30 bits per heavy atom. The van der Waals surface area contributed by atoms with Crippen molar-refractivity contribution in [2.45, 2.75) is 19.5 Å². The van der Waals surface area contributed by atoms with E-state index in [-0.39, 0.29) is 17.5 Å². The van der Waals surface area contributed by atoms with Gasteiger partial charge in [0, 0.05) is 26.6 Å². The highest BCUT2D eigenvalue weighted by atomic mass is 19.4. The third kappa shape index (κ3) is 4.61. The molecular weight excluding hydrogens is 311 g/mol. The molecule has 0 aromatic heterocycles. The number of halogens is 3. The Kier molecular flexibility index (Phi) is 5.12. The summed E-state index contributed by atoms with van der Waals surface area (Å²) in [5, 5.41) is 4.78. The highest BCUT2D eigenvalue weighted by molar-refractivity contribution is 5.90. The minimum absolute atomic E-state index is 0.0175. The van der Waals surface area contributed by atoms with E-state index < -0.39 is 17.8 Å². The van der Waals surface area contributed by atoms with Crippen LogP contribution in [0.25, 0.3) is 0 Å². The van der Waals surface area contributed by atoms with E-state index in [1.54, 1.807) is 4.90 Å². The molecule has 2 rings (SSSR count). The average Bonchev–Trinajstić information content (AvgIpc) is 2.94. The summed E-state index contributed by atoms with van der Waals surface area (Å²) in [4.78, 5) is 24.7. The number of hydrogen-bond donors (Lipinski definition) is 2. The van der Waals surface area contributed by atoms with E-state index in [9.17, 15) is 22.8 Å². The van der Waals surface area contributed by atoms with E-state index in [2.05, 4.69) is 10.6 Å². The number of likely N-dealkylation sites (tertiary alicyclic amines) is 1. The molecule has 0 spiro atoms. The molecule has 1 saturated heterocycles.